The summed E-state index contributed by atoms with van der Waals surface area (Å²) < 4.78 is 0. The van der Waals surface area contributed by atoms with Crippen molar-refractivity contribution in [3.05, 3.63) is 0 Å². The molecule has 2 amide bonds. The first-order chi connectivity index (χ1) is 11.2. The van der Waals surface area contributed by atoms with Crippen LogP contribution in [0.1, 0.15) is 25.7 Å². The number of hydrogen-bond donors (Lipinski definition) is 7. The monoisotopic (exact) mass is 348 g/mol. The number of carboxylic acid groups (broad SMARTS) is 2. The molecule has 24 heavy (non-hydrogen) atoms. The van der Waals surface area contributed by atoms with Crippen molar-refractivity contribution in [3.8, 4) is 0 Å². The fourth-order valence-electron chi connectivity index (χ4n) is 1.77. The van der Waals surface area contributed by atoms with Crippen LogP contribution in [0.3, 0.4) is 0 Å². The molecule has 0 bridgehead atoms. The third-order valence-corrected chi connectivity index (χ3v) is 3.11. The fourth-order valence-corrected chi connectivity index (χ4v) is 1.77. The minimum Gasteiger partial charge on any atom is -0.481 e. The van der Waals surface area contributed by atoms with Crippen LogP contribution in [0.5, 0.6) is 0 Å². The Balaban J connectivity index is 4.95. The summed E-state index contributed by atoms with van der Waals surface area (Å²) in [5.74, 6) is -4.53. The van der Waals surface area contributed by atoms with Crippen molar-refractivity contribution in [1.29, 1.82) is 0 Å². The van der Waals surface area contributed by atoms with E-state index in [0.29, 0.717) is 19.4 Å². The van der Waals surface area contributed by atoms with Gasteiger partial charge in [0.1, 0.15) is 18.1 Å². The van der Waals surface area contributed by atoms with E-state index in [9.17, 15) is 19.2 Å². The standard InChI is InChI=1S/C13H24N4O7/c14-4-2-1-3-8(16-11(21)7(15)6-18)12(22)17-9(13(23)24)5-10(19)20/h7-9,18H,1-6,14-15H2,(H,16,21)(H,17,22)(H,19,20)(H,23,24). The lowest BCUT2D eigenvalue weighted by molar-refractivity contribution is -0.147. The Bertz CT molecular complexity index is 458. The van der Waals surface area contributed by atoms with Crippen LogP contribution in [0.2, 0.25) is 0 Å². The number of unbranched alkanes of at least 4 members (excludes halogenated alkanes) is 1. The molecule has 11 heteroatoms. The zero-order valence-electron chi connectivity index (χ0n) is 13.1. The molecule has 0 saturated heterocycles. The van der Waals surface area contributed by atoms with Crippen LogP contribution in [0.15, 0.2) is 0 Å². The van der Waals surface area contributed by atoms with Gasteiger partial charge in [0.25, 0.3) is 0 Å². The number of nitrogens with two attached hydrogens (primary N) is 2. The number of nitrogens with one attached hydrogen (secondary N) is 2. The molecule has 0 saturated carbocycles. The van der Waals surface area contributed by atoms with Gasteiger partial charge in [0.05, 0.1) is 13.0 Å². The van der Waals surface area contributed by atoms with E-state index in [1.54, 1.807) is 0 Å². The summed E-state index contributed by atoms with van der Waals surface area (Å²) in [6.07, 6.45) is 0.399. The number of carbonyl (C=O) groups is 4. The molecule has 0 aliphatic heterocycles. The van der Waals surface area contributed by atoms with E-state index in [-0.39, 0.29) is 6.42 Å². The summed E-state index contributed by atoms with van der Waals surface area (Å²) >= 11 is 0. The Morgan fingerprint density at radius 3 is 2.00 bits per heavy atom. The van der Waals surface area contributed by atoms with Crippen LogP contribution >= 0.6 is 0 Å². The average Bonchev–Trinajstić information content (AvgIpc) is 2.51. The van der Waals surface area contributed by atoms with Crippen molar-refractivity contribution in [2.75, 3.05) is 13.2 Å². The van der Waals surface area contributed by atoms with Gasteiger partial charge in [-0.2, -0.15) is 0 Å². The first kappa shape index (κ1) is 21.8. The molecule has 0 aromatic carbocycles. The molecular formula is C13H24N4O7. The largest absolute Gasteiger partial charge is 0.481 e. The van der Waals surface area contributed by atoms with E-state index in [1.807, 2.05) is 0 Å². The topological polar surface area (TPSA) is 205 Å². The molecule has 0 fully saturated rings. The summed E-state index contributed by atoms with van der Waals surface area (Å²) in [5, 5.41) is 30.8. The highest BCUT2D eigenvalue weighted by Crippen LogP contribution is 2.03. The molecule has 11 nitrogen and oxygen atoms in total. The third kappa shape index (κ3) is 8.41. The average molecular weight is 348 g/mol. The summed E-state index contributed by atoms with van der Waals surface area (Å²) in [7, 11) is 0. The number of hydrogen-bond acceptors (Lipinski definition) is 7. The van der Waals surface area contributed by atoms with Crippen molar-refractivity contribution >= 4 is 23.8 Å². The van der Waals surface area contributed by atoms with Gasteiger partial charge in [-0.1, -0.05) is 0 Å². The van der Waals surface area contributed by atoms with Crippen molar-refractivity contribution in [2.45, 2.75) is 43.8 Å². The van der Waals surface area contributed by atoms with E-state index in [2.05, 4.69) is 10.6 Å². The molecule has 9 N–H and O–H groups in total. The predicted molar refractivity (Wildman–Crippen MR) is 81.7 cm³/mol. The Hall–Kier alpha value is -2.24. The number of rotatable bonds is 12. The van der Waals surface area contributed by atoms with Crippen LogP contribution in [-0.4, -0.2) is 70.3 Å². The van der Waals surface area contributed by atoms with Gasteiger partial charge in [-0.05, 0) is 25.8 Å². The van der Waals surface area contributed by atoms with E-state index in [1.165, 1.54) is 0 Å². The minimum atomic E-state index is -1.63. The van der Waals surface area contributed by atoms with E-state index in [0.717, 1.165) is 0 Å². The van der Waals surface area contributed by atoms with E-state index < -0.39 is 54.9 Å². The first-order valence-electron chi connectivity index (χ1n) is 7.34. The van der Waals surface area contributed by atoms with Crippen molar-refractivity contribution in [2.24, 2.45) is 11.5 Å². The smallest absolute Gasteiger partial charge is 0.326 e. The number of aliphatic hydroxyl groups is 1. The maximum Gasteiger partial charge on any atom is 0.326 e. The van der Waals surface area contributed by atoms with Crippen LogP contribution in [0.4, 0.5) is 0 Å². The SMILES string of the molecule is NCCCCC(NC(=O)C(N)CO)C(=O)NC(CC(=O)O)C(=O)O. The van der Waals surface area contributed by atoms with Crippen LogP contribution < -0.4 is 22.1 Å². The quantitative estimate of drug-likeness (QED) is 0.179. The number of amides is 2. The number of aliphatic hydroxyl groups excluding tert-OH is 1. The molecule has 0 aromatic heterocycles. The normalized spacial score (nSPS) is 14.3. The number of aliphatic carboxylic acids is 2. The molecule has 0 aromatic rings. The van der Waals surface area contributed by atoms with Crippen LogP contribution in [0.25, 0.3) is 0 Å². The van der Waals surface area contributed by atoms with E-state index >= 15 is 0 Å². The van der Waals surface area contributed by atoms with Crippen LogP contribution in [-0.2, 0) is 19.2 Å². The summed E-state index contributed by atoms with van der Waals surface area (Å²) in [6.45, 7) is -0.255. The zero-order valence-corrected chi connectivity index (χ0v) is 13.1. The highest BCUT2D eigenvalue weighted by Gasteiger charge is 2.28. The Morgan fingerprint density at radius 1 is 0.958 bits per heavy atom. The van der Waals surface area contributed by atoms with Gasteiger partial charge in [0, 0.05) is 0 Å². The lowest BCUT2D eigenvalue weighted by atomic mass is 10.1. The first-order valence-corrected chi connectivity index (χ1v) is 7.34. The third-order valence-electron chi connectivity index (χ3n) is 3.11. The highest BCUT2D eigenvalue weighted by molar-refractivity contribution is 5.92. The molecule has 0 aliphatic rings. The zero-order chi connectivity index (χ0) is 18.7. The molecular weight excluding hydrogens is 324 g/mol. The molecule has 3 unspecified atom stereocenters. The maximum atomic E-state index is 12.2. The van der Waals surface area contributed by atoms with Crippen LogP contribution in [0, 0.1) is 0 Å². The van der Waals surface area contributed by atoms with Gasteiger partial charge >= 0.3 is 11.9 Å². The second-order valence-corrected chi connectivity index (χ2v) is 5.13. The summed E-state index contributed by atoms with van der Waals surface area (Å²) in [5.41, 5.74) is 10.7. The molecule has 0 heterocycles. The molecule has 138 valence electrons. The number of carbonyl (C=O) groups excluding carboxylic acids is 2. The highest BCUT2D eigenvalue weighted by atomic mass is 16.4. The van der Waals surface area contributed by atoms with Gasteiger partial charge in [0.2, 0.25) is 11.8 Å². The van der Waals surface area contributed by atoms with Crippen molar-refractivity contribution in [3.63, 3.8) is 0 Å². The van der Waals surface area contributed by atoms with Crippen molar-refractivity contribution < 1.29 is 34.5 Å². The molecule has 0 rings (SSSR count). The second-order valence-electron chi connectivity index (χ2n) is 5.13. The lowest BCUT2D eigenvalue weighted by Gasteiger charge is -2.22. The maximum absolute atomic E-state index is 12.2. The van der Waals surface area contributed by atoms with Gasteiger partial charge in [0.15, 0.2) is 0 Å². The minimum absolute atomic E-state index is 0.159. The van der Waals surface area contributed by atoms with Gasteiger partial charge in [-0.15, -0.1) is 0 Å². The molecule has 0 aliphatic carbocycles. The molecule has 0 radical (unpaired) electrons. The molecule has 0 spiro atoms. The number of carboxylic acids is 2. The Labute approximate surface area is 138 Å². The Kier molecular flexibility index (Phi) is 10.3. The second kappa shape index (κ2) is 11.3. The van der Waals surface area contributed by atoms with Gasteiger partial charge in [-0.3, -0.25) is 14.4 Å². The predicted octanol–water partition coefficient (Wildman–Crippen LogP) is -3.04. The fraction of sp³-hybridized carbons (Fsp3) is 0.692. The van der Waals surface area contributed by atoms with Crippen molar-refractivity contribution in [1.82, 2.24) is 10.6 Å². The van der Waals surface area contributed by atoms with Gasteiger partial charge in [-0.25, -0.2) is 4.79 Å². The van der Waals surface area contributed by atoms with Gasteiger partial charge < -0.3 is 37.4 Å². The summed E-state index contributed by atoms with van der Waals surface area (Å²) in [4.78, 5) is 45.5. The molecule has 3 atom stereocenters. The Morgan fingerprint density at radius 2 is 1.54 bits per heavy atom. The summed E-state index contributed by atoms with van der Waals surface area (Å²) in [6, 6.07) is -3.98. The lowest BCUT2D eigenvalue weighted by Crippen LogP contribution is -2.55. The van der Waals surface area contributed by atoms with E-state index in [4.69, 9.17) is 26.8 Å².